The fraction of sp³-hybridized carbons (Fsp3) is 0.900. The number of nitrogens with zero attached hydrogens (tertiary/aromatic N) is 2. The number of nitrogens with two attached hydrogens (primary N) is 1. The monoisotopic (exact) mass is 357 g/mol. The molecule has 5 heteroatoms. The van der Waals surface area contributed by atoms with Crippen molar-refractivity contribution in [3.8, 4) is 0 Å². The average molecular weight is 358 g/mol. The summed E-state index contributed by atoms with van der Waals surface area (Å²) < 4.78 is 11.1. The minimum atomic E-state index is -0.0118. The summed E-state index contributed by atoms with van der Waals surface area (Å²) >= 11 is 0. The van der Waals surface area contributed by atoms with Gasteiger partial charge in [-0.3, -0.25) is 0 Å². The van der Waals surface area contributed by atoms with Gasteiger partial charge in [0.25, 0.3) is 0 Å². The Morgan fingerprint density at radius 3 is 2.08 bits per heavy atom. The van der Waals surface area contributed by atoms with Crippen LogP contribution in [0.5, 0.6) is 0 Å². The van der Waals surface area contributed by atoms with Crippen molar-refractivity contribution >= 4 is 11.8 Å². The van der Waals surface area contributed by atoms with E-state index < -0.39 is 0 Å². The van der Waals surface area contributed by atoms with Gasteiger partial charge in [0.05, 0.1) is 13.2 Å². The molecule has 1 heterocycles. The highest BCUT2D eigenvalue weighted by atomic mass is 16.5. The van der Waals surface area contributed by atoms with Gasteiger partial charge in [-0.05, 0) is 45.1 Å². The molecule has 0 spiro atoms. The van der Waals surface area contributed by atoms with Gasteiger partial charge < -0.3 is 15.2 Å². The van der Waals surface area contributed by atoms with Gasteiger partial charge in [0.1, 0.15) is 12.6 Å². The van der Waals surface area contributed by atoms with Crippen LogP contribution >= 0.6 is 0 Å². The lowest BCUT2D eigenvalue weighted by Crippen LogP contribution is -2.31. The minimum Gasteiger partial charge on any atom is -0.480 e. The van der Waals surface area contributed by atoms with Gasteiger partial charge in [0.2, 0.25) is 11.8 Å². The van der Waals surface area contributed by atoms with Gasteiger partial charge in [0, 0.05) is 0 Å². The smallest absolute Gasteiger partial charge is 0.209 e. The van der Waals surface area contributed by atoms with E-state index in [1.165, 1.54) is 6.42 Å². The molecule has 0 saturated carbocycles. The average Bonchev–Trinajstić information content (AvgIpc) is 2.58. The molecule has 1 atom stereocenters. The number of aliphatic imine (C=N–C) groups is 2. The summed E-state index contributed by atoms with van der Waals surface area (Å²) in [5.74, 6) is 1.47. The Balaban J connectivity index is 0. The second-order valence-electron chi connectivity index (χ2n) is 6.51. The van der Waals surface area contributed by atoms with Gasteiger partial charge in [-0.1, -0.05) is 48.0 Å². The largest absolute Gasteiger partial charge is 0.480 e. The highest BCUT2D eigenvalue weighted by Gasteiger charge is 2.26. The highest BCUT2D eigenvalue weighted by molar-refractivity contribution is 5.91. The summed E-state index contributed by atoms with van der Waals surface area (Å²) in [6.07, 6.45) is 4.23. The summed E-state index contributed by atoms with van der Waals surface area (Å²) in [5, 5.41) is 0. The molecule has 0 aromatic carbocycles. The van der Waals surface area contributed by atoms with E-state index in [1.54, 1.807) is 0 Å². The normalized spacial score (nSPS) is 16.4. The molecule has 1 aliphatic heterocycles. The van der Waals surface area contributed by atoms with E-state index in [0.29, 0.717) is 19.8 Å². The first-order valence-electron chi connectivity index (χ1n) is 10.0. The standard InChI is InChI=1S/C15H29N3O2.C3H8.C2H6/c1-5-19-13-11-17-14(20-6-2)12(18-13)7-8-15(3,4)9-10-16;1-3-2;1-2/h12H,5-11,16H2,1-4H3;3H2,1-2H3;1-2H3/t12-;;/m1../s1. The van der Waals surface area contributed by atoms with Gasteiger partial charge >= 0.3 is 0 Å². The predicted molar refractivity (Wildman–Crippen MR) is 111 cm³/mol. The SMILES string of the molecule is CC.CCC.CCOC1=N[C@H](CCC(C)(C)CCN)C(OCC)=NC1. The van der Waals surface area contributed by atoms with Crippen molar-refractivity contribution in [2.75, 3.05) is 26.3 Å². The molecule has 1 rings (SSSR count). The Morgan fingerprint density at radius 2 is 1.60 bits per heavy atom. The topological polar surface area (TPSA) is 69.2 Å². The lowest BCUT2D eigenvalue weighted by atomic mass is 9.83. The van der Waals surface area contributed by atoms with Crippen LogP contribution in [0.25, 0.3) is 0 Å². The molecule has 5 nitrogen and oxygen atoms in total. The van der Waals surface area contributed by atoms with Crippen molar-refractivity contribution in [3.05, 3.63) is 0 Å². The fourth-order valence-electron chi connectivity index (χ4n) is 2.29. The summed E-state index contributed by atoms with van der Waals surface area (Å²) in [7, 11) is 0. The van der Waals surface area contributed by atoms with Gasteiger partial charge in [0.15, 0.2) is 0 Å². The van der Waals surface area contributed by atoms with Crippen molar-refractivity contribution in [1.82, 2.24) is 0 Å². The number of rotatable bonds is 7. The molecule has 0 aliphatic carbocycles. The van der Waals surface area contributed by atoms with E-state index in [2.05, 4.69) is 37.7 Å². The van der Waals surface area contributed by atoms with Crippen LogP contribution in [-0.2, 0) is 9.47 Å². The Bertz CT molecular complexity index is 366. The third-order valence-electron chi connectivity index (χ3n) is 3.47. The first kappa shape index (κ1) is 26.1. The minimum absolute atomic E-state index is 0.0118. The molecule has 1 aliphatic rings. The van der Waals surface area contributed by atoms with Crippen molar-refractivity contribution in [3.63, 3.8) is 0 Å². The van der Waals surface area contributed by atoms with Crippen LogP contribution in [0.3, 0.4) is 0 Å². The van der Waals surface area contributed by atoms with E-state index in [1.807, 2.05) is 27.7 Å². The summed E-state index contributed by atoms with van der Waals surface area (Å²) in [6.45, 7) is 19.1. The van der Waals surface area contributed by atoms with Crippen LogP contribution in [0.4, 0.5) is 0 Å². The number of hydrogen-bond donors (Lipinski definition) is 1. The van der Waals surface area contributed by atoms with E-state index in [9.17, 15) is 0 Å². The molecule has 0 fully saturated rings. The number of ether oxygens (including phenoxy) is 2. The summed E-state index contributed by atoms with van der Waals surface area (Å²) in [6, 6.07) is -0.0118. The van der Waals surface area contributed by atoms with Crippen LogP contribution in [0.1, 0.15) is 81.1 Å². The molecular weight excluding hydrogens is 314 g/mol. The first-order valence-corrected chi connectivity index (χ1v) is 10.0. The zero-order valence-electron chi connectivity index (χ0n) is 18.0. The number of hydrogen-bond acceptors (Lipinski definition) is 5. The maximum atomic E-state index is 5.66. The van der Waals surface area contributed by atoms with E-state index >= 15 is 0 Å². The van der Waals surface area contributed by atoms with Crippen LogP contribution in [0.15, 0.2) is 9.98 Å². The molecule has 0 saturated heterocycles. The van der Waals surface area contributed by atoms with Crippen LogP contribution in [0, 0.1) is 5.41 Å². The van der Waals surface area contributed by atoms with Crippen LogP contribution in [0.2, 0.25) is 0 Å². The van der Waals surface area contributed by atoms with Crippen molar-refractivity contribution in [2.24, 2.45) is 21.1 Å². The van der Waals surface area contributed by atoms with Crippen molar-refractivity contribution in [2.45, 2.75) is 87.1 Å². The Hall–Kier alpha value is -1.10. The summed E-state index contributed by atoms with van der Waals surface area (Å²) in [5.41, 5.74) is 5.89. The van der Waals surface area contributed by atoms with Crippen LogP contribution in [-0.4, -0.2) is 44.1 Å². The molecule has 0 amide bonds. The molecule has 0 bridgehead atoms. The molecule has 150 valence electrons. The Labute approximate surface area is 156 Å². The van der Waals surface area contributed by atoms with Gasteiger partial charge in [-0.15, -0.1) is 0 Å². The Kier molecular flexibility index (Phi) is 17.1. The molecular formula is C20H43N3O2. The molecule has 0 aromatic heterocycles. The molecule has 0 aromatic rings. The van der Waals surface area contributed by atoms with Crippen molar-refractivity contribution in [1.29, 1.82) is 0 Å². The van der Waals surface area contributed by atoms with Gasteiger partial charge in [-0.25, -0.2) is 9.98 Å². The maximum absolute atomic E-state index is 5.66. The maximum Gasteiger partial charge on any atom is 0.209 e. The third-order valence-corrected chi connectivity index (χ3v) is 3.47. The lowest BCUT2D eigenvalue weighted by Gasteiger charge is -2.27. The third kappa shape index (κ3) is 12.9. The second kappa shape index (κ2) is 16.4. The van der Waals surface area contributed by atoms with Crippen molar-refractivity contribution < 1.29 is 9.47 Å². The van der Waals surface area contributed by atoms with Crippen LogP contribution < -0.4 is 5.73 Å². The summed E-state index contributed by atoms with van der Waals surface area (Å²) in [4.78, 5) is 9.10. The second-order valence-corrected chi connectivity index (χ2v) is 6.51. The Morgan fingerprint density at radius 1 is 1.04 bits per heavy atom. The molecule has 0 unspecified atom stereocenters. The highest BCUT2D eigenvalue weighted by Crippen LogP contribution is 2.28. The molecule has 2 N–H and O–H groups in total. The van der Waals surface area contributed by atoms with E-state index in [-0.39, 0.29) is 11.5 Å². The van der Waals surface area contributed by atoms with Gasteiger partial charge in [-0.2, -0.15) is 0 Å². The fourth-order valence-corrected chi connectivity index (χ4v) is 2.29. The first-order chi connectivity index (χ1) is 11.9. The zero-order chi connectivity index (χ0) is 19.7. The molecule has 25 heavy (non-hydrogen) atoms. The predicted octanol–water partition coefficient (Wildman–Crippen LogP) is 4.84. The molecule has 0 radical (unpaired) electrons. The lowest BCUT2D eigenvalue weighted by molar-refractivity contribution is 0.271. The quantitative estimate of drug-likeness (QED) is 0.709. The van der Waals surface area contributed by atoms with E-state index in [4.69, 9.17) is 15.2 Å². The zero-order valence-corrected chi connectivity index (χ0v) is 18.0. The van der Waals surface area contributed by atoms with E-state index in [0.717, 1.165) is 37.6 Å².